The summed E-state index contributed by atoms with van der Waals surface area (Å²) < 4.78 is 7.70. The van der Waals surface area contributed by atoms with Crippen LogP contribution < -0.4 is 14.9 Å². The summed E-state index contributed by atoms with van der Waals surface area (Å²) in [6.07, 6.45) is 3.18. The maximum atomic E-state index is 12.2. The molecule has 0 unspecified atom stereocenters. The molecule has 0 spiro atoms. The van der Waals surface area contributed by atoms with Crippen LogP contribution in [-0.4, -0.2) is 17.6 Å². The van der Waals surface area contributed by atoms with Crippen molar-refractivity contribution in [1.29, 1.82) is 0 Å². The molecule has 25 heavy (non-hydrogen) atoms. The van der Waals surface area contributed by atoms with E-state index in [9.17, 15) is 9.59 Å². The van der Waals surface area contributed by atoms with Gasteiger partial charge in [0.2, 0.25) is 5.91 Å². The number of para-hydroxylation sites is 1. The van der Waals surface area contributed by atoms with E-state index in [0.29, 0.717) is 5.75 Å². The van der Waals surface area contributed by atoms with E-state index in [1.807, 2.05) is 37.3 Å². The SMILES string of the molecule is COc1ccc(/C=C/C(=O)Nc2ccccc2C)c2sc(=O)n(C)c12. The summed E-state index contributed by atoms with van der Waals surface area (Å²) in [4.78, 5) is 24.1. The largest absolute Gasteiger partial charge is 0.495 e. The van der Waals surface area contributed by atoms with Crippen molar-refractivity contribution >= 4 is 39.2 Å². The minimum Gasteiger partial charge on any atom is -0.495 e. The highest BCUT2D eigenvalue weighted by atomic mass is 32.1. The molecule has 5 nitrogen and oxygen atoms in total. The van der Waals surface area contributed by atoms with Crippen LogP contribution in [0.3, 0.4) is 0 Å². The predicted octanol–water partition coefficient (Wildman–Crippen LogP) is 3.57. The van der Waals surface area contributed by atoms with Crippen LogP contribution in [0.25, 0.3) is 16.3 Å². The molecule has 0 aliphatic rings. The smallest absolute Gasteiger partial charge is 0.308 e. The Balaban J connectivity index is 1.91. The van der Waals surface area contributed by atoms with Gasteiger partial charge in [-0.1, -0.05) is 29.5 Å². The first-order valence-electron chi connectivity index (χ1n) is 7.72. The Kier molecular flexibility index (Phi) is 4.72. The molecule has 0 aliphatic heterocycles. The van der Waals surface area contributed by atoms with Crippen LogP contribution in [0.2, 0.25) is 0 Å². The number of hydrogen-bond acceptors (Lipinski definition) is 4. The molecule has 6 heteroatoms. The maximum absolute atomic E-state index is 12.2. The highest BCUT2D eigenvalue weighted by Gasteiger charge is 2.12. The van der Waals surface area contributed by atoms with E-state index in [4.69, 9.17) is 4.74 Å². The lowest BCUT2D eigenvalue weighted by atomic mass is 10.1. The molecular weight excluding hydrogens is 336 g/mol. The number of fused-ring (bicyclic) bond motifs is 1. The molecule has 0 aliphatic carbocycles. The first-order chi connectivity index (χ1) is 12.0. The second-order valence-corrected chi connectivity index (χ2v) is 6.56. The van der Waals surface area contributed by atoms with E-state index in [1.165, 1.54) is 6.08 Å². The van der Waals surface area contributed by atoms with Gasteiger partial charge in [0.05, 0.1) is 11.8 Å². The quantitative estimate of drug-likeness (QED) is 0.729. The van der Waals surface area contributed by atoms with Crippen LogP contribution in [0, 0.1) is 6.92 Å². The first kappa shape index (κ1) is 17.0. The molecule has 128 valence electrons. The van der Waals surface area contributed by atoms with Gasteiger partial charge in [0, 0.05) is 18.8 Å². The molecule has 3 aromatic rings. The molecule has 0 bridgehead atoms. The van der Waals surface area contributed by atoms with E-state index in [-0.39, 0.29) is 10.8 Å². The number of aryl methyl sites for hydroxylation is 2. The number of ether oxygens (including phenoxy) is 1. The zero-order valence-electron chi connectivity index (χ0n) is 14.2. The number of nitrogens with one attached hydrogen (secondary N) is 1. The molecule has 3 rings (SSSR count). The van der Waals surface area contributed by atoms with Crippen LogP contribution in [0.1, 0.15) is 11.1 Å². The van der Waals surface area contributed by atoms with Crippen molar-refractivity contribution in [1.82, 2.24) is 4.57 Å². The molecule has 1 heterocycles. The number of rotatable bonds is 4. The van der Waals surface area contributed by atoms with Gasteiger partial charge in [0.15, 0.2) is 0 Å². The lowest BCUT2D eigenvalue weighted by molar-refractivity contribution is -0.111. The van der Waals surface area contributed by atoms with Crippen molar-refractivity contribution in [2.45, 2.75) is 6.92 Å². The Labute approximate surface area is 149 Å². The summed E-state index contributed by atoms with van der Waals surface area (Å²) in [7, 11) is 3.28. The molecule has 0 saturated heterocycles. The lowest BCUT2D eigenvalue weighted by Gasteiger charge is -2.06. The van der Waals surface area contributed by atoms with Crippen molar-refractivity contribution in [3.05, 3.63) is 63.3 Å². The van der Waals surface area contributed by atoms with Gasteiger partial charge in [0.1, 0.15) is 11.3 Å². The van der Waals surface area contributed by atoms with Gasteiger partial charge in [-0.15, -0.1) is 0 Å². The Morgan fingerprint density at radius 3 is 2.72 bits per heavy atom. The molecule has 1 N–H and O–H groups in total. The normalized spacial score (nSPS) is 11.2. The van der Waals surface area contributed by atoms with Gasteiger partial charge in [-0.05, 0) is 42.3 Å². The van der Waals surface area contributed by atoms with Gasteiger partial charge in [-0.25, -0.2) is 0 Å². The fourth-order valence-corrected chi connectivity index (χ4v) is 3.58. The third-order valence-electron chi connectivity index (χ3n) is 3.96. The standard InChI is InChI=1S/C19H18N2O3S/c1-12-6-4-5-7-14(12)20-16(22)11-9-13-8-10-15(24-3)17-18(13)25-19(23)21(17)2/h4-11H,1-3H3,(H,20,22)/b11-9+. The summed E-state index contributed by atoms with van der Waals surface area (Å²) in [5.41, 5.74) is 3.32. The summed E-state index contributed by atoms with van der Waals surface area (Å²) in [5, 5.41) is 2.85. The number of methoxy groups -OCH3 is 1. The van der Waals surface area contributed by atoms with Crippen LogP contribution in [0.5, 0.6) is 5.75 Å². The van der Waals surface area contributed by atoms with E-state index in [1.54, 1.807) is 30.9 Å². The van der Waals surface area contributed by atoms with E-state index in [0.717, 1.165) is 38.4 Å². The highest BCUT2D eigenvalue weighted by molar-refractivity contribution is 7.16. The van der Waals surface area contributed by atoms with E-state index in [2.05, 4.69) is 5.32 Å². The van der Waals surface area contributed by atoms with Gasteiger partial charge in [-0.2, -0.15) is 0 Å². The average molecular weight is 354 g/mol. The summed E-state index contributed by atoms with van der Waals surface area (Å²) >= 11 is 1.14. The third kappa shape index (κ3) is 3.34. The molecule has 2 aromatic carbocycles. The van der Waals surface area contributed by atoms with Crippen molar-refractivity contribution in [2.24, 2.45) is 7.05 Å². The molecule has 0 atom stereocenters. The zero-order chi connectivity index (χ0) is 18.0. The maximum Gasteiger partial charge on any atom is 0.308 e. The van der Waals surface area contributed by atoms with Gasteiger partial charge in [-0.3, -0.25) is 14.2 Å². The van der Waals surface area contributed by atoms with Gasteiger partial charge >= 0.3 is 4.87 Å². The van der Waals surface area contributed by atoms with Crippen molar-refractivity contribution in [2.75, 3.05) is 12.4 Å². The van der Waals surface area contributed by atoms with Crippen LogP contribution in [-0.2, 0) is 11.8 Å². The molecule has 0 fully saturated rings. The van der Waals surface area contributed by atoms with Crippen LogP contribution in [0.4, 0.5) is 5.69 Å². The molecule has 0 radical (unpaired) electrons. The lowest BCUT2D eigenvalue weighted by Crippen LogP contribution is -2.08. The number of hydrogen-bond donors (Lipinski definition) is 1. The van der Waals surface area contributed by atoms with Gasteiger partial charge in [0.25, 0.3) is 0 Å². The Bertz CT molecular complexity index is 1030. The number of amides is 1. The number of benzene rings is 2. The second kappa shape index (κ2) is 6.94. The molecular formula is C19H18N2O3S. The fourth-order valence-electron chi connectivity index (χ4n) is 2.59. The number of nitrogens with zero attached hydrogens (tertiary/aromatic N) is 1. The summed E-state index contributed by atoms with van der Waals surface area (Å²) in [6.45, 7) is 1.94. The number of thiazole rings is 1. The molecule has 1 aromatic heterocycles. The Hall–Kier alpha value is -2.86. The predicted molar refractivity (Wildman–Crippen MR) is 102 cm³/mol. The molecule has 0 saturated carbocycles. The van der Waals surface area contributed by atoms with Gasteiger partial charge < -0.3 is 10.1 Å². The number of anilines is 1. The van der Waals surface area contributed by atoms with Crippen LogP contribution >= 0.6 is 11.3 Å². The first-order valence-corrected chi connectivity index (χ1v) is 8.54. The second-order valence-electron chi connectivity index (χ2n) is 5.60. The number of aromatic nitrogens is 1. The fraction of sp³-hybridized carbons (Fsp3) is 0.158. The van der Waals surface area contributed by atoms with Crippen molar-refractivity contribution in [3.8, 4) is 5.75 Å². The average Bonchev–Trinajstić information content (AvgIpc) is 2.90. The molecule has 1 amide bonds. The number of carbonyl (C=O) groups is 1. The highest BCUT2D eigenvalue weighted by Crippen LogP contribution is 2.30. The topological polar surface area (TPSA) is 60.3 Å². The van der Waals surface area contributed by atoms with E-state index < -0.39 is 0 Å². The summed E-state index contributed by atoms with van der Waals surface area (Å²) in [5.74, 6) is 0.416. The minimum absolute atomic E-state index is 0.0708. The van der Waals surface area contributed by atoms with Crippen molar-refractivity contribution < 1.29 is 9.53 Å². The van der Waals surface area contributed by atoms with E-state index >= 15 is 0 Å². The minimum atomic E-state index is -0.221. The summed E-state index contributed by atoms with van der Waals surface area (Å²) in [6, 6.07) is 11.2. The Morgan fingerprint density at radius 1 is 1.24 bits per heavy atom. The van der Waals surface area contributed by atoms with Crippen LogP contribution in [0.15, 0.2) is 47.3 Å². The monoisotopic (exact) mass is 354 g/mol. The third-order valence-corrected chi connectivity index (χ3v) is 5.04. The van der Waals surface area contributed by atoms with Crippen molar-refractivity contribution in [3.63, 3.8) is 0 Å². The number of carbonyl (C=O) groups excluding carboxylic acids is 1. The zero-order valence-corrected chi connectivity index (χ0v) is 15.0. The Morgan fingerprint density at radius 2 is 2.00 bits per heavy atom.